The first kappa shape index (κ1) is 14.4. The fraction of sp³-hybridized carbons (Fsp3) is 0.588. The lowest BCUT2D eigenvalue weighted by atomic mass is 10.1. The lowest BCUT2D eigenvalue weighted by molar-refractivity contribution is 0.105. The summed E-state index contributed by atoms with van der Waals surface area (Å²) in [7, 11) is 0. The molecule has 0 aliphatic carbocycles. The molecule has 0 atom stereocenters. The van der Waals surface area contributed by atoms with Crippen LogP contribution in [0.5, 0.6) is 0 Å². The molecular weight excluding hydrogens is 262 g/mol. The van der Waals surface area contributed by atoms with Crippen molar-refractivity contribution in [2.24, 2.45) is 0 Å². The van der Waals surface area contributed by atoms with E-state index in [2.05, 4.69) is 35.2 Å². The molecule has 1 aromatic rings. The molecule has 2 fully saturated rings. The second-order valence-electron chi connectivity index (χ2n) is 6.08. The maximum Gasteiger partial charge on any atom is 0.320 e. The van der Waals surface area contributed by atoms with Crippen molar-refractivity contribution < 1.29 is 4.79 Å². The van der Waals surface area contributed by atoms with Gasteiger partial charge in [-0.25, -0.2) is 4.79 Å². The highest BCUT2D eigenvalue weighted by molar-refractivity contribution is 5.74. The van der Waals surface area contributed by atoms with E-state index in [-0.39, 0.29) is 6.03 Å². The van der Waals surface area contributed by atoms with E-state index >= 15 is 0 Å². The van der Waals surface area contributed by atoms with Crippen LogP contribution in [0.1, 0.15) is 24.8 Å². The second kappa shape index (κ2) is 6.94. The van der Waals surface area contributed by atoms with E-state index in [9.17, 15) is 4.79 Å². The molecule has 0 radical (unpaired) electrons. The maximum atomic E-state index is 12.5. The third-order valence-electron chi connectivity index (χ3n) is 4.52. The average molecular weight is 287 g/mol. The zero-order valence-corrected chi connectivity index (χ0v) is 12.7. The molecule has 0 spiro atoms. The van der Waals surface area contributed by atoms with Gasteiger partial charge in [0.25, 0.3) is 0 Å². The number of rotatable bonds is 2. The zero-order chi connectivity index (χ0) is 14.5. The van der Waals surface area contributed by atoms with Crippen molar-refractivity contribution in [1.82, 2.24) is 14.7 Å². The summed E-state index contributed by atoms with van der Waals surface area (Å²) in [6.45, 7) is 6.58. The first-order chi connectivity index (χ1) is 10.3. The lowest BCUT2D eigenvalue weighted by Gasteiger charge is -2.38. The van der Waals surface area contributed by atoms with E-state index in [4.69, 9.17) is 0 Å². The first-order valence-electron chi connectivity index (χ1n) is 8.13. The highest BCUT2D eigenvalue weighted by Gasteiger charge is 2.25. The first-order valence-corrected chi connectivity index (χ1v) is 8.13. The SMILES string of the molecule is O=C(N1CCCCC1)N1CCN(Cc2ccccc2)CC1. The van der Waals surface area contributed by atoms with Gasteiger partial charge < -0.3 is 9.80 Å². The number of piperazine rings is 1. The van der Waals surface area contributed by atoms with Crippen molar-refractivity contribution >= 4 is 6.03 Å². The number of hydrogen-bond acceptors (Lipinski definition) is 2. The van der Waals surface area contributed by atoms with Gasteiger partial charge in [0.15, 0.2) is 0 Å². The van der Waals surface area contributed by atoms with Crippen molar-refractivity contribution in [1.29, 1.82) is 0 Å². The summed E-state index contributed by atoms with van der Waals surface area (Å²) in [5.74, 6) is 0. The van der Waals surface area contributed by atoms with Crippen LogP contribution in [0.15, 0.2) is 30.3 Å². The molecule has 1 aromatic carbocycles. The molecule has 2 heterocycles. The van der Waals surface area contributed by atoms with E-state index in [1.807, 2.05) is 9.80 Å². The summed E-state index contributed by atoms with van der Waals surface area (Å²) in [5.41, 5.74) is 1.35. The van der Waals surface area contributed by atoms with E-state index < -0.39 is 0 Å². The Labute approximate surface area is 127 Å². The molecule has 0 unspecified atom stereocenters. The molecule has 0 saturated carbocycles. The summed E-state index contributed by atoms with van der Waals surface area (Å²) in [4.78, 5) is 19.0. The Morgan fingerprint density at radius 2 is 1.43 bits per heavy atom. The van der Waals surface area contributed by atoms with Crippen LogP contribution in [0.3, 0.4) is 0 Å². The van der Waals surface area contributed by atoms with Crippen molar-refractivity contribution in [2.75, 3.05) is 39.3 Å². The number of nitrogens with zero attached hydrogens (tertiary/aromatic N) is 3. The standard InChI is InChI=1S/C17H25N3O/c21-17(19-9-5-2-6-10-19)20-13-11-18(12-14-20)15-16-7-3-1-4-8-16/h1,3-4,7-8H,2,5-6,9-15H2. The summed E-state index contributed by atoms with van der Waals surface area (Å²) < 4.78 is 0. The van der Waals surface area contributed by atoms with Gasteiger partial charge in [-0.3, -0.25) is 4.90 Å². The summed E-state index contributed by atoms with van der Waals surface area (Å²) in [6.07, 6.45) is 3.61. The van der Waals surface area contributed by atoms with Gasteiger partial charge in [-0.1, -0.05) is 30.3 Å². The quantitative estimate of drug-likeness (QED) is 0.835. The lowest BCUT2D eigenvalue weighted by Crippen LogP contribution is -2.53. The molecule has 4 heteroatoms. The van der Waals surface area contributed by atoms with Crippen molar-refractivity contribution in [3.05, 3.63) is 35.9 Å². The number of benzene rings is 1. The third kappa shape index (κ3) is 3.76. The molecule has 0 bridgehead atoms. The molecule has 2 saturated heterocycles. The minimum Gasteiger partial charge on any atom is -0.325 e. The van der Waals surface area contributed by atoms with Crippen LogP contribution in [-0.2, 0) is 6.54 Å². The minimum atomic E-state index is 0.258. The molecule has 0 N–H and O–H groups in total. The number of carbonyl (C=O) groups is 1. The van der Waals surface area contributed by atoms with Gasteiger partial charge in [-0.2, -0.15) is 0 Å². The van der Waals surface area contributed by atoms with Crippen LogP contribution in [0.4, 0.5) is 4.79 Å². The number of likely N-dealkylation sites (tertiary alicyclic amines) is 1. The Morgan fingerprint density at radius 1 is 0.810 bits per heavy atom. The molecule has 114 valence electrons. The Balaban J connectivity index is 1.47. The Morgan fingerprint density at radius 3 is 2.10 bits per heavy atom. The van der Waals surface area contributed by atoms with Crippen LogP contribution in [0.25, 0.3) is 0 Å². The molecule has 2 aliphatic rings. The molecule has 2 aliphatic heterocycles. The second-order valence-corrected chi connectivity index (χ2v) is 6.08. The molecule has 2 amide bonds. The molecular formula is C17H25N3O. The Bertz CT molecular complexity index is 448. The van der Waals surface area contributed by atoms with E-state index in [1.165, 1.54) is 24.8 Å². The highest BCUT2D eigenvalue weighted by atomic mass is 16.2. The number of urea groups is 1. The predicted octanol–water partition coefficient (Wildman–Crippen LogP) is 2.41. The van der Waals surface area contributed by atoms with E-state index in [1.54, 1.807) is 0 Å². The number of carbonyl (C=O) groups excluding carboxylic acids is 1. The Kier molecular flexibility index (Phi) is 4.76. The van der Waals surface area contributed by atoms with Crippen LogP contribution in [0.2, 0.25) is 0 Å². The van der Waals surface area contributed by atoms with Gasteiger partial charge in [0.1, 0.15) is 0 Å². The number of hydrogen-bond donors (Lipinski definition) is 0. The normalized spacial score (nSPS) is 20.6. The maximum absolute atomic E-state index is 12.5. The van der Waals surface area contributed by atoms with E-state index in [0.717, 1.165) is 45.8 Å². The largest absolute Gasteiger partial charge is 0.325 e. The van der Waals surface area contributed by atoms with Crippen molar-refractivity contribution in [3.63, 3.8) is 0 Å². The van der Waals surface area contributed by atoms with Gasteiger partial charge in [0, 0.05) is 45.8 Å². The molecule has 0 aromatic heterocycles. The molecule has 3 rings (SSSR count). The van der Waals surface area contributed by atoms with Crippen LogP contribution >= 0.6 is 0 Å². The fourth-order valence-corrected chi connectivity index (χ4v) is 3.22. The minimum absolute atomic E-state index is 0.258. The van der Waals surface area contributed by atoms with Gasteiger partial charge in [-0.05, 0) is 24.8 Å². The molecule has 21 heavy (non-hydrogen) atoms. The van der Waals surface area contributed by atoms with Crippen LogP contribution < -0.4 is 0 Å². The summed E-state index contributed by atoms with van der Waals surface area (Å²) >= 11 is 0. The number of amides is 2. The summed E-state index contributed by atoms with van der Waals surface area (Å²) in [5, 5.41) is 0. The smallest absolute Gasteiger partial charge is 0.320 e. The predicted molar refractivity (Wildman–Crippen MR) is 84.1 cm³/mol. The van der Waals surface area contributed by atoms with Gasteiger partial charge in [-0.15, -0.1) is 0 Å². The van der Waals surface area contributed by atoms with Crippen LogP contribution in [0, 0.1) is 0 Å². The average Bonchev–Trinajstić information content (AvgIpc) is 2.57. The highest BCUT2D eigenvalue weighted by Crippen LogP contribution is 2.14. The number of piperidine rings is 1. The van der Waals surface area contributed by atoms with Gasteiger partial charge in [0.05, 0.1) is 0 Å². The summed E-state index contributed by atoms with van der Waals surface area (Å²) in [6, 6.07) is 10.8. The van der Waals surface area contributed by atoms with Crippen molar-refractivity contribution in [3.8, 4) is 0 Å². The molecule has 4 nitrogen and oxygen atoms in total. The monoisotopic (exact) mass is 287 g/mol. The topological polar surface area (TPSA) is 26.8 Å². The van der Waals surface area contributed by atoms with Crippen molar-refractivity contribution in [2.45, 2.75) is 25.8 Å². The van der Waals surface area contributed by atoms with Gasteiger partial charge in [0.2, 0.25) is 0 Å². The zero-order valence-electron chi connectivity index (χ0n) is 12.7. The van der Waals surface area contributed by atoms with Gasteiger partial charge >= 0.3 is 6.03 Å². The van der Waals surface area contributed by atoms with Crippen LogP contribution in [-0.4, -0.2) is 60.0 Å². The van der Waals surface area contributed by atoms with E-state index in [0.29, 0.717) is 0 Å². The Hall–Kier alpha value is -1.55. The third-order valence-corrected chi connectivity index (χ3v) is 4.52. The fourth-order valence-electron chi connectivity index (χ4n) is 3.22.